The molecule has 0 saturated carbocycles. The first-order valence-corrected chi connectivity index (χ1v) is 4.94. The number of oxime groups is 1. The minimum Gasteiger partial charge on any atom is -0.461 e. The minimum atomic E-state index is -0.344. The first-order valence-electron chi connectivity index (χ1n) is 4.94. The molecule has 0 spiro atoms. The maximum absolute atomic E-state index is 11.4. The third-order valence-electron chi connectivity index (χ3n) is 2.54. The zero-order chi connectivity index (χ0) is 9.97. The lowest BCUT2D eigenvalue weighted by Gasteiger charge is -2.23. The lowest BCUT2D eigenvalue weighted by atomic mass is 9.92. The summed E-state index contributed by atoms with van der Waals surface area (Å²) in [4.78, 5) is 16.6. The summed E-state index contributed by atoms with van der Waals surface area (Å²) in [5.74, 6) is -0.272. The standard InChI is InChI=1S/C9H14N2O3/c1-2-13-9(12)8-6-5-10-4-3-7(6)14-11-8/h6-7,10H,2-5H2,1H3/t6-,7+/m1/s1. The normalized spacial score (nSPS) is 30.2. The van der Waals surface area contributed by atoms with E-state index in [1.807, 2.05) is 0 Å². The Bertz CT molecular complexity index is 265. The van der Waals surface area contributed by atoms with Gasteiger partial charge in [0.15, 0.2) is 5.71 Å². The van der Waals surface area contributed by atoms with Crippen molar-refractivity contribution >= 4 is 11.7 Å². The summed E-state index contributed by atoms with van der Waals surface area (Å²) in [7, 11) is 0. The van der Waals surface area contributed by atoms with Gasteiger partial charge in [-0.1, -0.05) is 5.16 Å². The number of hydrogen-bond donors (Lipinski definition) is 1. The van der Waals surface area contributed by atoms with E-state index in [2.05, 4.69) is 10.5 Å². The molecule has 0 aromatic rings. The van der Waals surface area contributed by atoms with Gasteiger partial charge in [0.1, 0.15) is 6.10 Å². The van der Waals surface area contributed by atoms with Crippen molar-refractivity contribution in [2.45, 2.75) is 19.4 Å². The molecule has 1 N–H and O–H groups in total. The molecule has 2 rings (SSSR count). The maximum atomic E-state index is 11.4. The fraction of sp³-hybridized carbons (Fsp3) is 0.778. The molecule has 0 aromatic carbocycles. The van der Waals surface area contributed by atoms with Gasteiger partial charge in [-0.15, -0.1) is 0 Å². The maximum Gasteiger partial charge on any atom is 0.356 e. The number of hydrogen-bond acceptors (Lipinski definition) is 5. The molecule has 0 amide bonds. The van der Waals surface area contributed by atoms with Crippen molar-refractivity contribution in [3.63, 3.8) is 0 Å². The van der Waals surface area contributed by atoms with Crippen LogP contribution < -0.4 is 5.32 Å². The summed E-state index contributed by atoms with van der Waals surface area (Å²) in [6.07, 6.45) is 0.965. The molecule has 14 heavy (non-hydrogen) atoms. The molecular formula is C9H14N2O3. The number of carbonyl (C=O) groups is 1. The zero-order valence-electron chi connectivity index (χ0n) is 8.16. The van der Waals surface area contributed by atoms with Gasteiger partial charge in [0.2, 0.25) is 0 Å². The summed E-state index contributed by atoms with van der Waals surface area (Å²) in [5, 5.41) is 7.02. The molecule has 0 unspecified atom stereocenters. The minimum absolute atomic E-state index is 0.0654. The highest BCUT2D eigenvalue weighted by Crippen LogP contribution is 2.23. The Kier molecular flexibility index (Phi) is 2.67. The van der Waals surface area contributed by atoms with Crippen LogP contribution in [0.25, 0.3) is 0 Å². The number of piperidine rings is 1. The monoisotopic (exact) mass is 198 g/mol. The second-order valence-electron chi connectivity index (χ2n) is 3.44. The second kappa shape index (κ2) is 3.96. The van der Waals surface area contributed by atoms with Crippen LogP contribution in [-0.2, 0) is 14.4 Å². The Labute approximate surface area is 82.4 Å². The average Bonchev–Trinajstić information content (AvgIpc) is 2.61. The fourth-order valence-corrected chi connectivity index (χ4v) is 1.82. The predicted molar refractivity (Wildman–Crippen MR) is 49.9 cm³/mol. The third-order valence-corrected chi connectivity index (χ3v) is 2.54. The highest BCUT2D eigenvalue weighted by Gasteiger charge is 2.40. The van der Waals surface area contributed by atoms with Gasteiger partial charge >= 0.3 is 5.97 Å². The molecule has 0 radical (unpaired) electrons. The Balaban J connectivity index is 2.02. The van der Waals surface area contributed by atoms with E-state index in [9.17, 15) is 4.79 Å². The van der Waals surface area contributed by atoms with Crippen LogP contribution in [-0.4, -0.2) is 37.5 Å². The summed E-state index contributed by atoms with van der Waals surface area (Å²) in [6.45, 7) is 3.84. The Hall–Kier alpha value is -1.10. The molecule has 1 fully saturated rings. The van der Waals surface area contributed by atoms with Crippen LogP contribution in [0.4, 0.5) is 0 Å². The van der Waals surface area contributed by atoms with E-state index in [4.69, 9.17) is 9.57 Å². The first-order chi connectivity index (χ1) is 6.83. The first kappa shape index (κ1) is 9.45. The molecule has 2 aliphatic heterocycles. The number of carbonyl (C=O) groups excluding carboxylic acids is 1. The highest BCUT2D eigenvalue weighted by molar-refractivity contribution is 6.37. The predicted octanol–water partition coefficient (Wildman–Crippen LogP) is -0.0862. The molecule has 0 aromatic heterocycles. The van der Waals surface area contributed by atoms with Crippen LogP contribution in [0.5, 0.6) is 0 Å². The van der Waals surface area contributed by atoms with Crippen molar-refractivity contribution < 1.29 is 14.4 Å². The molecule has 2 atom stereocenters. The molecular weight excluding hydrogens is 184 g/mol. The largest absolute Gasteiger partial charge is 0.461 e. The summed E-state index contributed by atoms with van der Waals surface area (Å²) < 4.78 is 4.90. The molecule has 1 saturated heterocycles. The van der Waals surface area contributed by atoms with Crippen molar-refractivity contribution in [2.24, 2.45) is 11.1 Å². The van der Waals surface area contributed by atoms with E-state index in [0.717, 1.165) is 19.5 Å². The smallest absolute Gasteiger partial charge is 0.356 e. The number of fused-ring (bicyclic) bond motifs is 1. The topological polar surface area (TPSA) is 59.9 Å². The molecule has 0 aliphatic carbocycles. The Morgan fingerprint density at radius 1 is 1.79 bits per heavy atom. The fourth-order valence-electron chi connectivity index (χ4n) is 1.82. The average molecular weight is 198 g/mol. The van der Waals surface area contributed by atoms with Gasteiger partial charge in [-0.25, -0.2) is 4.79 Å². The van der Waals surface area contributed by atoms with E-state index in [-0.39, 0.29) is 18.0 Å². The van der Waals surface area contributed by atoms with Gasteiger partial charge in [0.25, 0.3) is 0 Å². The summed E-state index contributed by atoms with van der Waals surface area (Å²) >= 11 is 0. The molecule has 2 aliphatic rings. The lowest BCUT2D eigenvalue weighted by molar-refractivity contribution is -0.135. The van der Waals surface area contributed by atoms with Gasteiger partial charge in [-0.2, -0.15) is 0 Å². The Morgan fingerprint density at radius 3 is 3.43 bits per heavy atom. The van der Waals surface area contributed by atoms with Crippen LogP contribution >= 0.6 is 0 Å². The molecule has 0 bridgehead atoms. The van der Waals surface area contributed by atoms with Crippen molar-refractivity contribution in [3.8, 4) is 0 Å². The number of esters is 1. The van der Waals surface area contributed by atoms with Crippen LogP contribution in [0, 0.1) is 5.92 Å². The number of rotatable bonds is 2. The van der Waals surface area contributed by atoms with Gasteiger partial charge < -0.3 is 14.9 Å². The van der Waals surface area contributed by atoms with E-state index in [0.29, 0.717) is 12.3 Å². The number of nitrogens with zero attached hydrogens (tertiary/aromatic N) is 1. The van der Waals surface area contributed by atoms with Crippen molar-refractivity contribution in [2.75, 3.05) is 19.7 Å². The van der Waals surface area contributed by atoms with Crippen LogP contribution in [0.2, 0.25) is 0 Å². The molecule has 78 valence electrons. The van der Waals surface area contributed by atoms with Gasteiger partial charge in [0, 0.05) is 13.0 Å². The van der Waals surface area contributed by atoms with Crippen LogP contribution in [0.1, 0.15) is 13.3 Å². The number of nitrogens with one attached hydrogen (secondary N) is 1. The summed E-state index contributed by atoms with van der Waals surface area (Å²) in [5.41, 5.74) is 0.434. The van der Waals surface area contributed by atoms with Gasteiger partial charge in [-0.05, 0) is 13.5 Å². The van der Waals surface area contributed by atoms with Crippen LogP contribution in [0.15, 0.2) is 5.16 Å². The van der Waals surface area contributed by atoms with Crippen molar-refractivity contribution in [1.29, 1.82) is 0 Å². The lowest BCUT2D eigenvalue weighted by Crippen LogP contribution is -2.43. The van der Waals surface area contributed by atoms with Crippen molar-refractivity contribution in [3.05, 3.63) is 0 Å². The summed E-state index contributed by atoms with van der Waals surface area (Å²) in [6, 6.07) is 0. The van der Waals surface area contributed by atoms with E-state index >= 15 is 0 Å². The quantitative estimate of drug-likeness (QED) is 0.630. The van der Waals surface area contributed by atoms with Crippen LogP contribution in [0.3, 0.4) is 0 Å². The highest BCUT2D eigenvalue weighted by atomic mass is 16.6. The molecule has 2 heterocycles. The zero-order valence-corrected chi connectivity index (χ0v) is 8.16. The molecule has 5 nitrogen and oxygen atoms in total. The van der Waals surface area contributed by atoms with Gasteiger partial charge in [-0.3, -0.25) is 0 Å². The van der Waals surface area contributed by atoms with Crippen molar-refractivity contribution in [1.82, 2.24) is 5.32 Å². The SMILES string of the molecule is CCOC(=O)C1=NO[C@H]2CCNC[C@@H]12. The second-order valence-corrected chi connectivity index (χ2v) is 3.44. The molecule has 5 heteroatoms. The Morgan fingerprint density at radius 2 is 2.64 bits per heavy atom. The third kappa shape index (κ3) is 1.59. The van der Waals surface area contributed by atoms with E-state index in [1.165, 1.54) is 0 Å². The van der Waals surface area contributed by atoms with E-state index in [1.54, 1.807) is 6.92 Å². The van der Waals surface area contributed by atoms with E-state index < -0.39 is 0 Å². The van der Waals surface area contributed by atoms with Gasteiger partial charge in [0.05, 0.1) is 12.5 Å². The number of ether oxygens (including phenoxy) is 1.